The van der Waals surface area contributed by atoms with Crippen molar-refractivity contribution in [2.75, 3.05) is 5.73 Å². The van der Waals surface area contributed by atoms with Gasteiger partial charge in [-0.15, -0.1) is 0 Å². The number of hydrogen-bond donors (Lipinski definition) is 3. The molecule has 0 bridgehead atoms. The number of benzene rings is 1. The SMILES string of the molecule is N=Cc1c(N)cccc1CC(=O)O. The molecule has 13 heavy (non-hydrogen) atoms. The topological polar surface area (TPSA) is 87.2 Å². The highest BCUT2D eigenvalue weighted by Gasteiger charge is 2.06. The summed E-state index contributed by atoms with van der Waals surface area (Å²) in [5, 5.41) is 15.6. The van der Waals surface area contributed by atoms with Gasteiger partial charge in [-0.1, -0.05) is 12.1 Å². The van der Waals surface area contributed by atoms with Crippen LogP contribution in [0.3, 0.4) is 0 Å². The standard InChI is InChI=1S/C9H10N2O2/c10-5-7-6(4-9(12)13)2-1-3-8(7)11/h1-3,5,10H,4,11H2,(H,12,13). The predicted octanol–water partition coefficient (Wildman–Crippen LogP) is 0.894. The molecular formula is C9H10N2O2. The average Bonchev–Trinajstić information content (AvgIpc) is 2.03. The quantitative estimate of drug-likeness (QED) is 0.474. The van der Waals surface area contributed by atoms with Gasteiger partial charge in [0.05, 0.1) is 6.42 Å². The van der Waals surface area contributed by atoms with Gasteiger partial charge in [0.15, 0.2) is 0 Å². The molecule has 1 aromatic rings. The van der Waals surface area contributed by atoms with Gasteiger partial charge in [-0.05, 0) is 11.6 Å². The van der Waals surface area contributed by atoms with Crippen LogP contribution in [0.2, 0.25) is 0 Å². The number of carboxylic acid groups (broad SMARTS) is 1. The van der Waals surface area contributed by atoms with Gasteiger partial charge in [0, 0.05) is 17.5 Å². The van der Waals surface area contributed by atoms with E-state index in [2.05, 4.69) is 0 Å². The van der Waals surface area contributed by atoms with Gasteiger partial charge in [-0.3, -0.25) is 4.79 Å². The molecule has 0 aliphatic heterocycles. The summed E-state index contributed by atoms with van der Waals surface area (Å²) in [6, 6.07) is 4.98. The van der Waals surface area contributed by atoms with Crippen LogP contribution in [-0.4, -0.2) is 17.3 Å². The zero-order valence-corrected chi connectivity index (χ0v) is 6.95. The second-order valence-corrected chi connectivity index (χ2v) is 2.63. The van der Waals surface area contributed by atoms with Crippen molar-refractivity contribution in [2.24, 2.45) is 0 Å². The molecule has 0 saturated carbocycles. The Bertz CT molecular complexity index is 347. The van der Waals surface area contributed by atoms with E-state index in [9.17, 15) is 4.79 Å². The van der Waals surface area contributed by atoms with E-state index in [1.165, 1.54) is 0 Å². The van der Waals surface area contributed by atoms with Gasteiger partial charge in [-0.25, -0.2) is 0 Å². The Labute approximate surface area is 75.5 Å². The first-order chi connectivity index (χ1) is 6.15. The molecular weight excluding hydrogens is 168 g/mol. The van der Waals surface area contributed by atoms with Crippen LogP contribution < -0.4 is 5.73 Å². The normalized spacial score (nSPS) is 9.54. The van der Waals surface area contributed by atoms with E-state index < -0.39 is 5.97 Å². The number of nitrogens with one attached hydrogen (secondary N) is 1. The molecule has 0 radical (unpaired) electrons. The van der Waals surface area contributed by atoms with Crippen molar-refractivity contribution >= 4 is 17.9 Å². The van der Waals surface area contributed by atoms with E-state index in [1.54, 1.807) is 18.2 Å². The zero-order chi connectivity index (χ0) is 9.84. The van der Waals surface area contributed by atoms with Crippen molar-refractivity contribution in [3.63, 3.8) is 0 Å². The minimum atomic E-state index is -0.922. The van der Waals surface area contributed by atoms with Crippen molar-refractivity contribution in [3.8, 4) is 0 Å². The number of carboxylic acids is 1. The number of hydrogen-bond acceptors (Lipinski definition) is 3. The number of nitrogen functional groups attached to an aromatic ring is 1. The molecule has 4 nitrogen and oxygen atoms in total. The van der Waals surface area contributed by atoms with Crippen molar-refractivity contribution in [1.29, 1.82) is 5.41 Å². The van der Waals surface area contributed by atoms with Crippen LogP contribution in [-0.2, 0) is 11.2 Å². The Morgan fingerprint density at radius 1 is 1.62 bits per heavy atom. The van der Waals surface area contributed by atoms with E-state index in [0.717, 1.165) is 6.21 Å². The molecule has 1 aromatic carbocycles. The summed E-state index contributed by atoms with van der Waals surface area (Å²) in [4.78, 5) is 10.4. The molecule has 0 amide bonds. The van der Waals surface area contributed by atoms with Gasteiger partial charge in [0.25, 0.3) is 0 Å². The van der Waals surface area contributed by atoms with Crippen LogP contribution in [0.5, 0.6) is 0 Å². The number of anilines is 1. The highest BCUT2D eigenvalue weighted by atomic mass is 16.4. The highest BCUT2D eigenvalue weighted by Crippen LogP contribution is 2.14. The highest BCUT2D eigenvalue weighted by molar-refractivity contribution is 5.88. The zero-order valence-electron chi connectivity index (χ0n) is 6.95. The summed E-state index contributed by atoms with van der Waals surface area (Å²) < 4.78 is 0. The van der Waals surface area contributed by atoms with Crippen LogP contribution in [0.4, 0.5) is 5.69 Å². The average molecular weight is 178 g/mol. The summed E-state index contributed by atoms with van der Waals surface area (Å²) in [6.07, 6.45) is 0.976. The summed E-state index contributed by atoms with van der Waals surface area (Å²) in [5.74, 6) is -0.922. The van der Waals surface area contributed by atoms with Gasteiger partial charge in [-0.2, -0.15) is 0 Å². The molecule has 0 saturated heterocycles. The minimum absolute atomic E-state index is 0.101. The van der Waals surface area contributed by atoms with Gasteiger partial charge in [0.2, 0.25) is 0 Å². The van der Waals surface area contributed by atoms with Crippen molar-refractivity contribution in [3.05, 3.63) is 29.3 Å². The van der Waals surface area contributed by atoms with Crippen molar-refractivity contribution < 1.29 is 9.90 Å². The minimum Gasteiger partial charge on any atom is -0.481 e. The molecule has 0 aliphatic rings. The largest absolute Gasteiger partial charge is 0.481 e. The lowest BCUT2D eigenvalue weighted by molar-refractivity contribution is -0.136. The molecule has 0 aromatic heterocycles. The molecule has 1 rings (SSSR count). The fourth-order valence-electron chi connectivity index (χ4n) is 1.13. The number of nitrogens with two attached hydrogens (primary N) is 1. The lowest BCUT2D eigenvalue weighted by atomic mass is 10.0. The summed E-state index contributed by atoms with van der Waals surface area (Å²) in [5.41, 5.74) is 7.06. The van der Waals surface area contributed by atoms with Crippen LogP contribution in [0.25, 0.3) is 0 Å². The lowest BCUT2D eigenvalue weighted by Gasteiger charge is -2.04. The van der Waals surface area contributed by atoms with Crippen LogP contribution >= 0.6 is 0 Å². The molecule has 0 heterocycles. The molecule has 4 N–H and O–H groups in total. The first-order valence-corrected chi connectivity index (χ1v) is 3.74. The number of aliphatic carboxylic acids is 1. The summed E-state index contributed by atoms with van der Waals surface area (Å²) in [6.45, 7) is 0. The van der Waals surface area contributed by atoms with E-state index in [0.29, 0.717) is 16.8 Å². The molecule has 0 unspecified atom stereocenters. The maximum absolute atomic E-state index is 10.4. The molecule has 0 aliphatic carbocycles. The van der Waals surface area contributed by atoms with Gasteiger partial charge < -0.3 is 16.2 Å². The Kier molecular flexibility index (Phi) is 2.64. The fourth-order valence-corrected chi connectivity index (χ4v) is 1.13. The monoisotopic (exact) mass is 178 g/mol. The Morgan fingerprint density at radius 3 is 2.85 bits per heavy atom. The predicted molar refractivity (Wildman–Crippen MR) is 50.1 cm³/mol. The first kappa shape index (κ1) is 9.25. The van der Waals surface area contributed by atoms with E-state index in [4.69, 9.17) is 16.2 Å². The molecule has 0 fully saturated rings. The van der Waals surface area contributed by atoms with Gasteiger partial charge >= 0.3 is 5.97 Å². The third-order valence-corrected chi connectivity index (χ3v) is 1.72. The Morgan fingerprint density at radius 2 is 2.31 bits per heavy atom. The molecule has 4 heteroatoms. The maximum atomic E-state index is 10.4. The van der Waals surface area contributed by atoms with Crippen LogP contribution in [0, 0.1) is 5.41 Å². The third-order valence-electron chi connectivity index (χ3n) is 1.72. The molecule has 68 valence electrons. The third kappa shape index (κ3) is 2.05. The first-order valence-electron chi connectivity index (χ1n) is 3.74. The second kappa shape index (κ2) is 3.71. The number of rotatable bonds is 3. The summed E-state index contributed by atoms with van der Waals surface area (Å²) in [7, 11) is 0. The second-order valence-electron chi connectivity index (χ2n) is 2.63. The van der Waals surface area contributed by atoms with Crippen LogP contribution in [0.15, 0.2) is 18.2 Å². The Balaban J connectivity index is 3.12. The number of carbonyl (C=O) groups is 1. The maximum Gasteiger partial charge on any atom is 0.307 e. The fraction of sp³-hybridized carbons (Fsp3) is 0.111. The van der Waals surface area contributed by atoms with Gasteiger partial charge in [0.1, 0.15) is 0 Å². The van der Waals surface area contributed by atoms with E-state index >= 15 is 0 Å². The smallest absolute Gasteiger partial charge is 0.307 e. The van der Waals surface area contributed by atoms with Crippen LogP contribution in [0.1, 0.15) is 11.1 Å². The van der Waals surface area contributed by atoms with Crippen molar-refractivity contribution in [2.45, 2.75) is 6.42 Å². The van der Waals surface area contributed by atoms with E-state index in [1.807, 2.05) is 0 Å². The lowest BCUT2D eigenvalue weighted by Crippen LogP contribution is -2.05. The molecule has 0 spiro atoms. The Hall–Kier alpha value is -1.84. The van der Waals surface area contributed by atoms with Crippen molar-refractivity contribution in [1.82, 2.24) is 0 Å². The summed E-state index contributed by atoms with van der Waals surface area (Å²) >= 11 is 0. The molecule has 0 atom stereocenters. The van der Waals surface area contributed by atoms with E-state index in [-0.39, 0.29) is 6.42 Å².